The maximum absolute atomic E-state index is 4.83. The zero-order valence-electron chi connectivity index (χ0n) is 15.8. The smallest absolute Gasteiger partial charge is 0.178 e. The molecule has 27 heavy (non-hydrogen) atoms. The van der Waals surface area contributed by atoms with Gasteiger partial charge in [0.05, 0.1) is 0 Å². The molecule has 0 N–H and O–H groups in total. The predicted molar refractivity (Wildman–Crippen MR) is 103 cm³/mol. The SMILES string of the molecule is Cn1nccc1CCN1CCC(c2nnc3ccc(N4CCC4)nn23)CC1. The van der Waals surface area contributed by atoms with Gasteiger partial charge in [-0.15, -0.1) is 15.3 Å². The summed E-state index contributed by atoms with van der Waals surface area (Å²) in [5.41, 5.74) is 2.15. The number of piperidine rings is 1. The molecule has 0 aromatic carbocycles. The third-order valence-corrected chi connectivity index (χ3v) is 6.01. The van der Waals surface area contributed by atoms with Crippen LogP contribution in [0.3, 0.4) is 0 Å². The maximum Gasteiger partial charge on any atom is 0.178 e. The van der Waals surface area contributed by atoms with Crippen molar-refractivity contribution in [1.82, 2.24) is 34.5 Å². The van der Waals surface area contributed by atoms with Crippen molar-refractivity contribution in [2.45, 2.75) is 31.6 Å². The lowest BCUT2D eigenvalue weighted by molar-refractivity contribution is 0.209. The minimum absolute atomic E-state index is 0.437. The van der Waals surface area contributed by atoms with Crippen molar-refractivity contribution in [1.29, 1.82) is 0 Å². The second kappa shape index (κ2) is 6.92. The first-order valence-corrected chi connectivity index (χ1v) is 9.94. The van der Waals surface area contributed by atoms with Crippen LogP contribution >= 0.6 is 0 Å². The summed E-state index contributed by atoms with van der Waals surface area (Å²) in [6.45, 7) is 5.49. The minimum atomic E-state index is 0.437. The van der Waals surface area contributed by atoms with Crippen LogP contribution in [0.5, 0.6) is 0 Å². The Bertz CT molecular complexity index is 917. The number of anilines is 1. The summed E-state index contributed by atoms with van der Waals surface area (Å²) in [4.78, 5) is 4.86. The van der Waals surface area contributed by atoms with Crippen molar-refractivity contribution in [3.63, 3.8) is 0 Å². The van der Waals surface area contributed by atoms with Crippen LogP contribution in [0.15, 0.2) is 24.4 Å². The first-order valence-electron chi connectivity index (χ1n) is 9.94. The van der Waals surface area contributed by atoms with E-state index >= 15 is 0 Å². The fourth-order valence-corrected chi connectivity index (χ4v) is 4.10. The summed E-state index contributed by atoms with van der Waals surface area (Å²) in [6.07, 6.45) is 6.41. The molecule has 3 aromatic rings. The standard InChI is InChI=1S/C19H26N8/c1-24-16(5-9-20-24)8-14-25-12-6-15(7-13-25)19-22-21-17-3-4-18(23-27(17)19)26-10-2-11-26/h3-5,9,15H,2,6-8,10-14H2,1H3. The number of hydrogen-bond acceptors (Lipinski definition) is 6. The molecule has 0 radical (unpaired) electrons. The normalized spacial score (nSPS) is 18.9. The third kappa shape index (κ3) is 3.18. The number of fused-ring (bicyclic) bond motifs is 1. The number of aromatic nitrogens is 6. The van der Waals surface area contributed by atoms with Crippen LogP contribution in [0.25, 0.3) is 5.65 Å². The highest BCUT2D eigenvalue weighted by molar-refractivity contribution is 5.47. The van der Waals surface area contributed by atoms with Crippen molar-refractivity contribution < 1.29 is 0 Å². The second-order valence-electron chi connectivity index (χ2n) is 7.67. The number of nitrogens with zero attached hydrogens (tertiary/aromatic N) is 8. The quantitative estimate of drug-likeness (QED) is 0.682. The van der Waals surface area contributed by atoms with Crippen LogP contribution in [0.2, 0.25) is 0 Å². The van der Waals surface area contributed by atoms with E-state index in [2.05, 4.69) is 37.2 Å². The second-order valence-corrected chi connectivity index (χ2v) is 7.67. The van der Waals surface area contributed by atoms with Crippen LogP contribution in [-0.4, -0.2) is 67.2 Å². The van der Waals surface area contributed by atoms with E-state index in [1.165, 1.54) is 12.1 Å². The van der Waals surface area contributed by atoms with Crippen LogP contribution in [-0.2, 0) is 13.5 Å². The fraction of sp³-hybridized carbons (Fsp3) is 0.579. The number of rotatable bonds is 5. The fourth-order valence-electron chi connectivity index (χ4n) is 4.10. The molecule has 0 spiro atoms. The third-order valence-electron chi connectivity index (χ3n) is 6.01. The summed E-state index contributed by atoms with van der Waals surface area (Å²) >= 11 is 0. The molecular weight excluding hydrogens is 340 g/mol. The Kier molecular flexibility index (Phi) is 4.27. The van der Waals surface area contributed by atoms with Gasteiger partial charge in [-0.1, -0.05) is 0 Å². The summed E-state index contributed by atoms with van der Waals surface area (Å²) < 4.78 is 3.94. The highest BCUT2D eigenvalue weighted by atomic mass is 15.4. The topological polar surface area (TPSA) is 67.4 Å². The summed E-state index contributed by atoms with van der Waals surface area (Å²) in [5.74, 6) is 2.51. The average molecular weight is 366 g/mol. The summed E-state index contributed by atoms with van der Waals surface area (Å²) in [6, 6.07) is 6.21. The molecule has 5 rings (SSSR count). The molecule has 0 saturated carbocycles. The van der Waals surface area contributed by atoms with Crippen LogP contribution in [0, 0.1) is 0 Å². The Morgan fingerprint density at radius 3 is 2.59 bits per heavy atom. The highest BCUT2D eigenvalue weighted by Crippen LogP contribution is 2.28. The first-order chi connectivity index (χ1) is 13.3. The van der Waals surface area contributed by atoms with E-state index in [0.29, 0.717) is 5.92 Å². The average Bonchev–Trinajstić information content (AvgIpc) is 3.25. The van der Waals surface area contributed by atoms with Gasteiger partial charge in [0.2, 0.25) is 0 Å². The van der Waals surface area contributed by atoms with Gasteiger partial charge in [0.25, 0.3) is 0 Å². The van der Waals surface area contributed by atoms with E-state index in [1.54, 1.807) is 0 Å². The lowest BCUT2D eigenvalue weighted by atomic mass is 9.96. The molecule has 2 aliphatic rings. The Morgan fingerprint density at radius 2 is 1.89 bits per heavy atom. The number of aryl methyl sites for hydroxylation is 1. The first kappa shape index (κ1) is 16.7. The van der Waals surface area contributed by atoms with Crippen molar-refractivity contribution in [2.24, 2.45) is 7.05 Å². The minimum Gasteiger partial charge on any atom is -0.355 e. The molecule has 8 nitrogen and oxygen atoms in total. The van der Waals surface area contributed by atoms with Crippen molar-refractivity contribution >= 4 is 11.5 Å². The zero-order chi connectivity index (χ0) is 18.2. The lowest BCUT2D eigenvalue weighted by Gasteiger charge is -2.32. The lowest BCUT2D eigenvalue weighted by Crippen LogP contribution is -2.38. The van der Waals surface area contributed by atoms with E-state index in [9.17, 15) is 0 Å². The summed E-state index contributed by atoms with van der Waals surface area (Å²) in [7, 11) is 2.01. The van der Waals surface area contributed by atoms with Gasteiger partial charge in [-0.2, -0.15) is 9.61 Å². The van der Waals surface area contributed by atoms with Gasteiger partial charge < -0.3 is 9.80 Å². The Hall–Kier alpha value is -2.48. The van der Waals surface area contributed by atoms with Gasteiger partial charge in [-0.25, -0.2) is 0 Å². The van der Waals surface area contributed by atoms with Gasteiger partial charge in [-0.3, -0.25) is 4.68 Å². The predicted octanol–water partition coefficient (Wildman–Crippen LogP) is 1.49. The molecule has 2 fully saturated rings. The van der Waals surface area contributed by atoms with Crippen LogP contribution in [0.1, 0.15) is 36.7 Å². The van der Waals surface area contributed by atoms with Crippen molar-refractivity contribution in [3.8, 4) is 0 Å². The van der Waals surface area contributed by atoms with Gasteiger partial charge in [-0.05, 0) is 50.6 Å². The Labute approximate surface area is 158 Å². The molecule has 2 aliphatic heterocycles. The molecule has 0 atom stereocenters. The summed E-state index contributed by atoms with van der Waals surface area (Å²) in [5, 5.41) is 17.9. The molecule has 0 unspecified atom stereocenters. The van der Waals surface area contributed by atoms with Gasteiger partial charge in [0.1, 0.15) is 5.82 Å². The molecule has 5 heterocycles. The molecule has 0 aliphatic carbocycles. The highest BCUT2D eigenvalue weighted by Gasteiger charge is 2.26. The molecular formula is C19H26N8. The molecule has 2 saturated heterocycles. The number of likely N-dealkylation sites (tertiary alicyclic amines) is 1. The van der Waals surface area contributed by atoms with Crippen LogP contribution in [0.4, 0.5) is 5.82 Å². The van der Waals surface area contributed by atoms with E-state index < -0.39 is 0 Å². The molecule has 142 valence electrons. The van der Waals surface area contributed by atoms with E-state index in [0.717, 1.165) is 69.3 Å². The van der Waals surface area contributed by atoms with Gasteiger partial charge in [0.15, 0.2) is 11.5 Å². The Morgan fingerprint density at radius 1 is 1.04 bits per heavy atom. The molecule has 8 heteroatoms. The number of hydrogen-bond donors (Lipinski definition) is 0. The van der Waals surface area contributed by atoms with Crippen molar-refractivity contribution in [2.75, 3.05) is 37.6 Å². The molecule has 3 aromatic heterocycles. The monoisotopic (exact) mass is 366 g/mol. The van der Waals surface area contributed by atoms with Gasteiger partial charge >= 0.3 is 0 Å². The van der Waals surface area contributed by atoms with E-state index in [-0.39, 0.29) is 0 Å². The van der Waals surface area contributed by atoms with Crippen molar-refractivity contribution in [3.05, 3.63) is 35.9 Å². The largest absolute Gasteiger partial charge is 0.355 e. The van der Waals surface area contributed by atoms with E-state index in [1.807, 2.05) is 28.5 Å². The van der Waals surface area contributed by atoms with Gasteiger partial charge in [0, 0.05) is 50.9 Å². The zero-order valence-corrected chi connectivity index (χ0v) is 15.8. The molecule has 0 bridgehead atoms. The van der Waals surface area contributed by atoms with Crippen LogP contribution < -0.4 is 4.90 Å². The molecule has 0 amide bonds. The van der Waals surface area contributed by atoms with E-state index in [4.69, 9.17) is 5.10 Å². The maximum atomic E-state index is 4.83. The Balaban J connectivity index is 1.24.